The van der Waals surface area contributed by atoms with Crippen molar-refractivity contribution in [2.24, 2.45) is 4.99 Å². The normalized spacial score (nSPS) is 22.8. The summed E-state index contributed by atoms with van der Waals surface area (Å²) in [6.45, 7) is 7.47. The number of aliphatic imine (C=N–C) groups is 1. The van der Waals surface area contributed by atoms with Gasteiger partial charge in [0, 0.05) is 32.2 Å². The van der Waals surface area contributed by atoms with E-state index in [0.717, 1.165) is 38.6 Å². The van der Waals surface area contributed by atoms with Gasteiger partial charge >= 0.3 is 0 Å². The van der Waals surface area contributed by atoms with E-state index in [2.05, 4.69) is 51.7 Å². The molecule has 0 bridgehead atoms. The van der Waals surface area contributed by atoms with Gasteiger partial charge in [-0.2, -0.15) is 0 Å². The molecule has 2 heterocycles. The zero-order valence-electron chi connectivity index (χ0n) is 13.6. The fraction of sp³-hybridized carbons (Fsp3) is 0.611. The van der Waals surface area contributed by atoms with Crippen LogP contribution in [-0.2, 0) is 13.1 Å². The highest BCUT2D eigenvalue weighted by Gasteiger charge is 2.19. The summed E-state index contributed by atoms with van der Waals surface area (Å²) in [5.74, 6) is 0.951. The third kappa shape index (κ3) is 4.01. The minimum Gasteiger partial charge on any atom is -0.356 e. The van der Waals surface area contributed by atoms with Gasteiger partial charge in [0.25, 0.3) is 0 Å². The average Bonchev–Trinajstić information content (AvgIpc) is 2.57. The fourth-order valence-corrected chi connectivity index (χ4v) is 3.33. The Morgan fingerprint density at radius 1 is 1.23 bits per heavy atom. The van der Waals surface area contributed by atoms with Crippen molar-refractivity contribution in [3.63, 3.8) is 0 Å². The van der Waals surface area contributed by atoms with E-state index in [1.807, 2.05) is 0 Å². The van der Waals surface area contributed by atoms with Gasteiger partial charge in [0.2, 0.25) is 0 Å². The molecule has 1 unspecified atom stereocenters. The molecule has 0 amide bonds. The number of rotatable bonds is 4. The number of hydrogen-bond acceptors (Lipinski definition) is 4. The SMILES string of the molecule is CC1CCCCN1Cc1ccccc1CNC1=NCCCN1. The van der Waals surface area contributed by atoms with Gasteiger partial charge < -0.3 is 10.6 Å². The topological polar surface area (TPSA) is 39.7 Å². The van der Waals surface area contributed by atoms with E-state index in [4.69, 9.17) is 0 Å². The molecule has 1 fully saturated rings. The number of nitrogens with zero attached hydrogens (tertiary/aromatic N) is 2. The summed E-state index contributed by atoms with van der Waals surface area (Å²) in [5.41, 5.74) is 2.83. The Morgan fingerprint density at radius 2 is 2.09 bits per heavy atom. The van der Waals surface area contributed by atoms with Crippen LogP contribution in [0, 0.1) is 0 Å². The quantitative estimate of drug-likeness (QED) is 0.897. The summed E-state index contributed by atoms with van der Waals surface area (Å²) in [5, 5.41) is 6.77. The van der Waals surface area contributed by atoms with Crippen molar-refractivity contribution in [1.29, 1.82) is 0 Å². The maximum Gasteiger partial charge on any atom is 0.191 e. The van der Waals surface area contributed by atoms with E-state index < -0.39 is 0 Å². The Hall–Kier alpha value is -1.55. The van der Waals surface area contributed by atoms with Crippen LogP contribution in [0.2, 0.25) is 0 Å². The molecule has 2 N–H and O–H groups in total. The molecule has 1 saturated heterocycles. The third-order valence-corrected chi connectivity index (χ3v) is 4.78. The summed E-state index contributed by atoms with van der Waals surface area (Å²) in [7, 11) is 0. The Bertz CT molecular complexity index is 512. The van der Waals surface area contributed by atoms with Gasteiger partial charge in [0.05, 0.1) is 0 Å². The minimum atomic E-state index is 0.708. The monoisotopic (exact) mass is 300 g/mol. The molecule has 4 nitrogen and oxygen atoms in total. The molecule has 2 aliphatic rings. The van der Waals surface area contributed by atoms with Gasteiger partial charge in [-0.15, -0.1) is 0 Å². The molecule has 1 atom stereocenters. The molecule has 1 aromatic rings. The third-order valence-electron chi connectivity index (χ3n) is 4.78. The Labute approximate surface area is 134 Å². The Kier molecular flexibility index (Phi) is 5.33. The van der Waals surface area contributed by atoms with Crippen LogP contribution in [0.25, 0.3) is 0 Å². The largest absolute Gasteiger partial charge is 0.356 e. The van der Waals surface area contributed by atoms with Crippen LogP contribution in [0.15, 0.2) is 29.3 Å². The van der Waals surface area contributed by atoms with Crippen LogP contribution in [0.1, 0.15) is 43.7 Å². The molecule has 3 rings (SSSR count). The lowest BCUT2D eigenvalue weighted by atomic mass is 10.0. The molecule has 1 aromatic carbocycles. The van der Waals surface area contributed by atoms with E-state index >= 15 is 0 Å². The number of nitrogens with one attached hydrogen (secondary N) is 2. The summed E-state index contributed by atoms with van der Waals surface area (Å²) in [6.07, 6.45) is 5.19. The van der Waals surface area contributed by atoms with Crippen LogP contribution < -0.4 is 10.6 Å². The molecular formula is C18H28N4. The van der Waals surface area contributed by atoms with Crippen LogP contribution in [-0.4, -0.2) is 36.5 Å². The highest BCUT2D eigenvalue weighted by atomic mass is 15.2. The number of guanidine groups is 1. The zero-order chi connectivity index (χ0) is 15.2. The van der Waals surface area contributed by atoms with Gasteiger partial charge in [-0.05, 0) is 43.9 Å². The fourth-order valence-electron chi connectivity index (χ4n) is 3.33. The van der Waals surface area contributed by atoms with Gasteiger partial charge in [-0.3, -0.25) is 9.89 Å². The molecule has 120 valence electrons. The van der Waals surface area contributed by atoms with Gasteiger partial charge in [-0.1, -0.05) is 30.7 Å². The van der Waals surface area contributed by atoms with E-state index in [0.29, 0.717) is 6.04 Å². The van der Waals surface area contributed by atoms with Crippen LogP contribution in [0.3, 0.4) is 0 Å². The number of piperidine rings is 1. The highest BCUT2D eigenvalue weighted by Crippen LogP contribution is 2.20. The van der Waals surface area contributed by atoms with Crippen molar-refractivity contribution in [3.05, 3.63) is 35.4 Å². The van der Waals surface area contributed by atoms with Crippen LogP contribution >= 0.6 is 0 Å². The Morgan fingerprint density at radius 3 is 2.86 bits per heavy atom. The number of benzene rings is 1. The van der Waals surface area contributed by atoms with E-state index in [-0.39, 0.29) is 0 Å². The summed E-state index contributed by atoms with van der Waals surface area (Å²) in [4.78, 5) is 7.11. The van der Waals surface area contributed by atoms with E-state index in [1.165, 1.54) is 36.9 Å². The summed E-state index contributed by atoms with van der Waals surface area (Å²) in [6, 6.07) is 9.51. The first kappa shape index (κ1) is 15.3. The van der Waals surface area contributed by atoms with Gasteiger partial charge in [-0.25, -0.2) is 0 Å². The lowest BCUT2D eigenvalue weighted by Gasteiger charge is -2.33. The molecule has 0 aliphatic carbocycles. The lowest BCUT2D eigenvalue weighted by molar-refractivity contribution is 0.152. The first-order chi connectivity index (χ1) is 10.8. The van der Waals surface area contributed by atoms with Gasteiger partial charge in [0.15, 0.2) is 5.96 Å². The van der Waals surface area contributed by atoms with Crippen molar-refractivity contribution in [2.45, 2.75) is 51.7 Å². The number of likely N-dealkylation sites (tertiary alicyclic amines) is 1. The minimum absolute atomic E-state index is 0.708. The summed E-state index contributed by atoms with van der Waals surface area (Å²) < 4.78 is 0. The second-order valence-electron chi connectivity index (χ2n) is 6.45. The first-order valence-corrected chi connectivity index (χ1v) is 8.66. The van der Waals surface area contributed by atoms with Crippen LogP contribution in [0.5, 0.6) is 0 Å². The first-order valence-electron chi connectivity index (χ1n) is 8.66. The molecular weight excluding hydrogens is 272 g/mol. The second kappa shape index (κ2) is 7.63. The number of hydrogen-bond donors (Lipinski definition) is 2. The average molecular weight is 300 g/mol. The zero-order valence-corrected chi connectivity index (χ0v) is 13.6. The van der Waals surface area contributed by atoms with Crippen molar-refractivity contribution in [2.75, 3.05) is 19.6 Å². The highest BCUT2D eigenvalue weighted by molar-refractivity contribution is 5.80. The molecule has 0 aromatic heterocycles. The molecule has 0 spiro atoms. The molecule has 22 heavy (non-hydrogen) atoms. The van der Waals surface area contributed by atoms with E-state index in [9.17, 15) is 0 Å². The predicted molar refractivity (Wildman–Crippen MR) is 91.9 cm³/mol. The van der Waals surface area contributed by atoms with Crippen molar-refractivity contribution >= 4 is 5.96 Å². The second-order valence-corrected chi connectivity index (χ2v) is 6.45. The standard InChI is InChI=1S/C18H28N4/c1-15-7-4-5-12-22(15)14-17-9-3-2-8-16(17)13-21-18-19-10-6-11-20-18/h2-3,8-9,15H,4-7,10-14H2,1H3,(H2,19,20,21). The maximum atomic E-state index is 4.49. The smallest absolute Gasteiger partial charge is 0.191 e. The van der Waals surface area contributed by atoms with E-state index in [1.54, 1.807) is 0 Å². The van der Waals surface area contributed by atoms with Crippen molar-refractivity contribution in [1.82, 2.24) is 15.5 Å². The van der Waals surface area contributed by atoms with Crippen LogP contribution in [0.4, 0.5) is 0 Å². The maximum absolute atomic E-state index is 4.49. The molecule has 0 radical (unpaired) electrons. The Balaban J connectivity index is 1.63. The lowest BCUT2D eigenvalue weighted by Crippen LogP contribution is -2.40. The predicted octanol–water partition coefficient (Wildman–Crippen LogP) is 2.50. The van der Waals surface area contributed by atoms with Gasteiger partial charge in [0.1, 0.15) is 0 Å². The molecule has 2 aliphatic heterocycles. The summed E-state index contributed by atoms with van der Waals surface area (Å²) >= 11 is 0. The van der Waals surface area contributed by atoms with Crippen molar-refractivity contribution < 1.29 is 0 Å². The van der Waals surface area contributed by atoms with Crippen molar-refractivity contribution in [3.8, 4) is 0 Å². The molecule has 4 heteroatoms. The molecule has 0 saturated carbocycles.